The maximum atomic E-state index is 13.7. The third-order valence-electron chi connectivity index (χ3n) is 6.36. The van der Waals surface area contributed by atoms with Crippen LogP contribution in [-0.2, 0) is 4.79 Å². The second kappa shape index (κ2) is 9.30. The van der Waals surface area contributed by atoms with Gasteiger partial charge in [0.15, 0.2) is 0 Å². The molecule has 3 fully saturated rings. The van der Waals surface area contributed by atoms with Crippen molar-refractivity contribution in [1.82, 2.24) is 21.3 Å². The number of carbonyl (C=O) groups is 2. The van der Waals surface area contributed by atoms with Gasteiger partial charge in [-0.25, -0.2) is 9.18 Å². The van der Waals surface area contributed by atoms with Gasteiger partial charge >= 0.3 is 6.03 Å². The predicted octanol–water partition coefficient (Wildman–Crippen LogP) is 1.48. The molecule has 1 aliphatic heterocycles. The lowest BCUT2D eigenvalue weighted by atomic mass is 9.75. The molecule has 3 rings (SSSR count). The third-order valence-corrected chi connectivity index (χ3v) is 6.36. The zero-order valence-corrected chi connectivity index (χ0v) is 16.2. The first-order chi connectivity index (χ1) is 12.9. The van der Waals surface area contributed by atoms with Gasteiger partial charge < -0.3 is 16.4 Å². The monoisotopic (exact) mass is 383 g/mol. The Morgan fingerprint density at radius 2 is 1.56 bits per heavy atom. The summed E-state index contributed by atoms with van der Waals surface area (Å²) in [7, 11) is 0. The normalized spacial score (nSPS) is 38.2. The summed E-state index contributed by atoms with van der Waals surface area (Å²) in [5.41, 5.74) is 5.69. The van der Waals surface area contributed by atoms with E-state index in [1.807, 2.05) is 0 Å². The number of amides is 2. The number of alkyl halides is 1. The fourth-order valence-corrected chi connectivity index (χ4v) is 4.68. The molecule has 0 aromatic carbocycles. The highest BCUT2D eigenvalue weighted by Crippen LogP contribution is 2.32. The molecular weight excluding hydrogens is 349 g/mol. The highest BCUT2D eigenvalue weighted by molar-refractivity contribution is 5.83. The van der Waals surface area contributed by atoms with E-state index in [9.17, 15) is 14.0 Å². The lowest BCUT2D eigenvalue weighted by Gasteiger charge is -2.37. The molecule has 2 saturated carbocycles. The van der Waals surface area contributed by atoms with Crippen molar-refractivity contribution in [2.24, 2.45) is 17.6 Å². The summed E-state index contributed by atoms with van der Waals surface area (Å²) >= 11 is 0. The quantitative estimate of drug-likeness (QED) is 0.505. The average Bonchev–Trinajstić information content (AvgIpc) is 2.66. The Labute approximate surface area is 160 Å². The molecule has 1 heterocycles. The van der Waals surface area contributed by atoms with Gasteiger partial charge in [-0.3, -0.25) is 15.4 Å². The second-order valence-electron chi connectivity index (χ2n) is 8.43. The lowest BCUT2D eigenvalue weighted by molar-refractivity contribution is -0.128. The molecule has 0 bridgehead atoms. The molecular formula is C19H34FN5O2. The largest absolute Gasteiger partial charge is 0.335 e. The summed E-state index contributed by atoms with van der Waals surface area (Å²) in [4.78, 5) is 24.9. The van der Waals surface area contributed by atoms with Gasteiger partial charge in [0.1, 0.15) is 18.2 Å². The molecule has 2 amide bonds. The minimum Gasteiger partial charge on any atom is -0.335 e. The van der Waals surface area contributed by atoms with Crippen LogP contribution in [0.15, 0.2) is 0 Å². The van der Waals surface area contributed by atoms with Crippen molar-refractivity contribution < 1.29 is 14.0 Å². The molecule has 7 nitrogen and oxygen atoms in total. The number of carbonyl (C=O) groups excluding carboxylic acids is 2. The van der Waals surface area contributed by atoms with Gasteiger partial charge in [0, 0.05) is 23.9 Å². The fraction of sp³-hybridized carbons (Fsp3) is 0.895. The number of hydrogen-bond acceptors (Lipinski definition) is 5. The average molecular weight is 384 g/mol. The Bertz CT molecular complexity index is 508. The predicted molar refractivity (Wildman–Crippen MR) is 101 cm³/mol. The summed E-state index contributed by atoms with van der Waals surface area (Å²) in [6.45, 7) is 1.70. The van der Waals surface area contributed by atoms with Crippen molar-refractivity contribution in [3.63, 3.8) is 0 Å². The number of Topliss-reactive ketones (excluding diaryl/α,β-unsaturated/α-hetero) is 1. The van der Waals surface area contributed by atoms with Gasteiger partial charge in [-0.05, 0) is 45.4 Å². The SMILES string of the molecule is CC1NC(NC(=O)NC2CCC(C(=O)C3CCCCC3)CC2)NC(N)C1F. The van der Waals surface area contributed by atoms with Crippen LogP contribution in [0.5, 0.6) is 0 Å². The van der Waals surface area contributed by atoms with E-state index in [1.54, 1.807) is 6.92 Å². The van der Waals surface area contributed by atoms with Crippen molar-refractivity contribution in [3.8, 4) is 0 Å². The van der Waals surface area contributed by atoms with E-state index in [0.717, 1.165) is 38.5 Å². The molecule has 4 unspecified atom stereocenters. The van der Waals surface area contributed by atoms with Crippen molar-refractivity contribution in [3.05, 3.63) is 0 Å². The van der Waals surface area contributed by atoms with E-state index >= 15 is 0 Å². The highest BCUT2D eigenvalue weighted by Gasteiger charge is 2.34. The molecule has 27 heavy (non-hydrogen) atoms. The lowest BCUT2D eigenvalue weighted by Crippen LogP contribution is -2.72. The smallest absolute Gasteiger partial charge is 0.317 e. The number of rotatable bonds is 4. The second-order valence-corrected chi connectivity index (χ2v) is 8.43. The van der Waals surface area contributed by atoms with Crippen LogP contribution in [0, 0.1) is 11.8 Å². The van der Waals surface area contributed by atoms with Crippen LogP contribution in [0.25, 0.3) is 0 Å². The molecule has 4 atom stereocenters. The van der Waals surface area contributed by atoms with Crippen LogP contribution in [-0.4, -0.2) is 42.5 Å². The zero-order chi connectivity index (χ0) is 19.4. The van der Waals surface area contributed by atoms with E-state index < -0.39 is 24.7 Å². The number of nitrogens with one attached hydrogen (secondary N) is 4. The molecule has 0 radical (unpaired) electrons. The van der Waals surface area contributed by atoms with Gasteiger partial charge in [0.05, 0.1) is 6.17 Å². The van der Waals surface area contributed by atoms with Crippen molar-refractivity contribution in [2.45, 2.75) is 95.4 Å². The topological polar surface area (TPSA) is 108 Å². The van der Waals surface area contributed by atoms with Crippen LogP contribution >= 0.6 is 0 Å². The summed E-state index contributed by atoms with van der Waals surface area (Å²) in [6.07, 6.45) is 6.51. The Balaban J connectivity index is 1.38. The van der Waals surface area contributed by atoms with Gasteiger partial charge in [0.2, 0.25) is 0 Å². The third kappa shape index (κ3) is 5.39. The minimum atomic E-state index is -1.21. The number of ketones is 1. The maximum absolute atomic E-state index is 13.7. The van der Waals surface area contributed by atoms with E-state index in [0.29, 0.717) is 5.78 Å². The molecule has 154 valence electrons. The van der Waals surface area contributed by atoms with Crippen LogP contribution in [0.2, 0.25) is 0 Å². The van der Waals surface area contributed by atoms with Gasteiger partial charge in [-0.15, -0.1) is 0 Å². The minimum absolute atomic E-state index is 0.0732. The maximum Gasteiger partial charge on any atom is 0.317 e. The highest BCUT2D eigenvalue weighted by atomic mass is 19.1. The molecule has 2 aliphatic carbocycles. The molecule has 3 aliphatic rings. The standard InChI is InChI=1S/C19H34FN5O2/c1-11-15(20)17(21)24-18(22-11)25-19(27)23-14-9-7-13(8-10-14)16(26)12-5-3-2-4-6-12/h11-15,17-18,22,24H,2-10,21H2,1H3,(H2,23,25,27). The van der Waals surface area contributed by atoms with Crippen LogP contribution < -0.4 is 27.0 Å². The number of urea groups is 1. The number of nitrogens with two attached hydrogens (primary N) is 1. The van der Waals surface area contributed by atoms with Crippen molar-refractivity contribution in [2.75, 3.05) is 0 Å². The van der Waals surface area contributed by atoms with Crippen LogP contribution in [0.4, 0.5) is 9.18 Å². The molecule has 0 spiro atoms. The van der Waals surface area contributed by atoms with Crippen LogP contribution in [0.3, 0.4) is 0 Å². The van der Waals surface area contributed by atoms with Gasteiger partial charge in [-0.1, -0.05) is 19.3 Å². The summed E-state index contributed by atoms with van der Waals surface area (Å²) in [5.74, 6) is 0.888. The molecule has 6 N–H and O–H groups in total. The molecule has 1 saturated heterocycles. The van der Waals surface area contributed by atoms with E-state index in [-0.39, 0.29) is 23.9 Å². The van der Waals surface area contributed by atoms with Crippen molar-refractivity contribution >= 4 is 11.8 Å². The summed E-state index contributed by atoms with van der Waals surface area (Å²) < 4.78 is 13.7. The summed E-state index contributed by atoms with van der Waals surface area (Å²) in [6, 6.07) is -0.671. The van der Waals surface area contributed by atoms with Gasteiger partial charge in [0.25, 0.3) is 0 Å². The Kier molecular flexibility index (Phi) is 7.05. The molecule has 0 aromatic heterocycles. The van der Waals surface area contributed by atoms with E-state index in [1.165, 1.54) is 19.3 Å². The van der Waals surface area contributed by atoms with E-state index in [4.69, 9.17) is 5.73 Å². The Hall–Kier alpha value is -1.25. The van der Waals surface area contributed by atoms with Gasteiger partial charge in [-0.2, -0.15) is 0 Å². The zero-order valence-electron chi connectivity index (χ0n) is 16.2. The molecule has 8 heteroatoms. The van der Waals surface area contributed by atoms with Crippen molar-refractivity contribution in [1.29, 1.82) is 0 Å². The first-order valence-corrected chi connectivity index (χ1v) is 10.5. The van der Waals surface area contributed by atoms with E-state index in [2.05, 4.69) is 21.3 Å². The summed E-state index contributed by atoms with van der Waals surface area (Å²) in [5, 5.41) is 11.5. The Morgan fingerprint density at radius 1 is 0.926 bits per heavy atom. The number of hydrogen-bond donors (Lipinski definition) is 5. The first kappa shape index (κ1) is 20.5. The number of halogens is 1. The molecule has 0 aromatic rings. The first-order valence-electron chi connectivity index (χ1n) is 10.5. The fourth-order valence-electron chi connectivity index (χ4n) is 4.68. The Morgan fingerprint density at radius 3 is 2.19 bits per heavy atom. The van der Waals surface area contributed by atoms with Crippen LogP contribution in [0.1, 0.15) is 64.7 Å².